The minimum atomic E-state index is -0.985. The van der Waals surface area contributed by atoms with Crippen LogP contribution < -0.4 is 10.6 Å². The molecule has 0 aliphatic heterocycles. The number of hydrogen-bond donors (Lipinski definition) is 3. The van der Waals surface area contributed by atoms with Gasteiger partial charge in [-0.25, -0.2) is 4.98 Å². The number of amides is 1. The van der Waals surface area contributed by atoms with Crippen molar-refractivity contribution in [2.45, 2.75) is 25.9 Å². The van der Waals surface area contributed by atoms with E-state index in [1.54, 1.807) is 12.1 Å². The molecule has 7 nitrogen and oxygen atoms in total. The number of hydrogen-bond acceptors (Lipinski definition) is 4. The highest BCUT2D eigenvalue weighted by atomic mass is 16.4. The van der Waals surface area contributed by atoms with E-state index in [1.807, 2.05) is 90.3 Å². The zero-order valence-corrected chi connectivity index (χ0v) is 21.0. The second-order valence-electron chi connectivity index (χ2n) is 9.19. The first-order chi connectivity index (χ1) is 18.5. The van der Waals surface area contributed by atoms with Crippen LogP contribution in [0.5, 0.6) is 0 Å². The Labute approximate surface area is 220 Å². The standard InChI is InChI=1S/C31H28N4O3/c1-21-12-14-23(15-13-21)26(19-28(36)37)33-31(38)25-16-17-35-27(18-25)34-29(24-10-6-3-7-11-24)30(35)32-20-22-8-4-2-5-9-22/h2-18,26,32H,19-20H2,1H3,(H,33,38)(H,36,37). The topological polar surface area (TPSA) is 95.7 Å². The van der Waals surface area contributed by atoms with E-state index < -0.39 is 12.0 Å². The summed E-state index contributed by atoms with van der Waals surface area (Å²) in [7, 11) is 0. The third-order valence-electron chi connectivity index (χ3n) is 6.40. The van der Waals surface area contributed by atoms with E-state index in [0.717, 1.165) is 33.8 Å². The highest BCUT2D eigenvalue weighted by Crippen LogP contribution is 2.30. The van der Waals surface area contributed by atoms with E-state index in [2.05, 4.69) is 22.8 Å². The molecule has 0 spiro atoms. The number of nitrogens with zero attached hydrogens (tertiary/aromatic N) is 2. The summed E-state index contributed by atoms with van der Waals surface area (Å²) < 4.78 is 1.93. The molecular formula is C31H28N4O3. The number of rotatable bonds is 9. The Hall–Kier alpha value is -4.91. The van der Waals surface area contributed by atoms with Crippen LogP contribution in [-0.2, 0) is 11.3 Å². The number of benzene rings is 3. The highest BCUT2D eigenvalue weighted by Gasteiger charge is 2.21. The van der Waals surface area contributed by atoms with Gasteiger partial charge in [0.15, 0.2) is 0 Å². The minimum Gasteiger partial charge on any atom is -0.481 e. The summed E-state index contributed by atoms with van der Waals surface area (Å²) in [6.45, 7) is 2.57. The largest absolute Gasteiger partial charge is 0.481 e. The van der Waals surface area contributed by atoms with Crippen LogP contribution in [0.25, 0.3) is 16.9 Å². The van der Waals surface area contributed by atoms with E-state index in [4.69, 9.17) is 4.98 Å². The van der Waals surface area contributed by atoms with Crippen molar-refractivity contribution in [2.75, 3.05) is 5.32 Å². The van der Waals surface area contributed by atoms with Crippen LogP contribution >= 0.6 is 0 Å². The summed E-state index contributed by atoms with van der Waals surface area (Å²) in [6, 6.07) is 30.3. The zero-order chi connectivity index (χ0) is 26.5. The maximum Gasteiger partial charge on any atom is 0.305 e. The third-order valence-corrected chi connectivity index (χ3v) is 6.40. The highest BCUT2D eigenvalue weighted by molar-refractivity contribution is 5.96. The number of aliphatic carboxylic acids is 1. The van der Waals surface area contributed by atoms with E-state index in [1.165, 1.54) is 0 Å². The molecule has 0 saturated heterocycles. The van der Waals surface area contributed by atoms with Gasteiger partial charge in [0.1, 0.15) is 17.2 Å². The second-order valence-corrected chi connectivity index (χ2v) is 9.19. The van der Waals surface area contributed by atoms with Crippen molar-refractivity contribution in [3.8, 4) is 11.3 Å². The first kappa shape index (κ1) is 24.8. The lowest BCUT2D eigenvalue weighted by Crippen LogP contribution is -2.30. The lowest BCUT2D eigenvalue weighted by atomic mass is 10.0. The van der Waals surface area contributed by atoms with Crippen LogP contribution in [0, 0.1) is 6.92 Å². The van der Waals surface area contributed by atoms with E-state index in [0.29, 0.717) is 17.8 Å². The number of carboxylic acids is 1. The summed E-state index contributed by atoms with van der Waals surface area (Å²) in [5, 5.41) is 15.8. The molecule has 1 amide bonds. The van der Waals surface area contributed by atoms with Crippen molar-refractivity contribution in [3.05, 3.63) is 126 Å². The number of pyridine rings is 1. The van der Waals surface area contributed by atoms with Gasteiger partial charge in [0.05, 0.1) is 12.5 Å². The Morgan fingerprint density at radius 2 is 1.61 bits per heavy atom. The maximum atomic E-state index is 13.2. The van der Waals surface area contributed by atoms with Crippen LogP contribution in [0.4, 0.5) is 5.82 Å². The van der Waals surface area contributed by atoms with Gasteiger partial charge >= 0.3 is 5.97 Å². The molecule has 7 heteroatoms. The monoisotopic (exact) mass is 504 g/mol. The van der Waals surface area contributed by atoms with Crippen molar-refractivity contribution in [1.29, 1.82) is 0 Å². The maximum absolute atomic E-state index is 13.2. The molecule has 0 radical (unpaired) electrons. The molecule has 1 unspecified atom stereocenters. The average Bonchev–Trinajstić information content (AvgIpc) is 3.30. The number of imidazole rings is 1. The predicted octanol–water partition coefficient (Wildman–Crippen LogP) is 5.87. The predicted molar refractivity (Wildman–Crippen MR) is 148 cm³/mol. The molecule has 0 saturated carbocycles. The van der Waals surface area contributed by atoms with Gasteiger partial charge < -0.3 is 15.7 Å². The Kier molecular flexibility index (Phi) is 7.17. The summed E-state index contributed by atoms with van der Waals surface area (Å²) in [6.07, 6.45) is 1.60. The Bertz CT molecular complexity index is 1560. The fourth-order valence-electron chi connectivity index (χ4n) is 4.40. The third kappa shape index (κ3) is 5.57. The van der Waals surface area contributed by atoms with Crippen LogP contribution in [0.1, 0.15) is 39.5 Å². The number of aryl methyl sites for hydroxylation is 1. The van der Waals surface area contributed by atoms with Gasteiger partial charge in [-0.2, -0.15) is 0 Å². The summed E-state index contributed by atoms with van der Waals surface area (Å²) >= 11 is 0. The van der Waals surface area contributed by atoms with Crippen LogP contribution in [0.15, 0.2) is 103 Å². The molecule has 5 aromatic rings. The number of carbonyl (C=O) groups excluding carboxylic acids is 1. The molecule has 2 aromatic heterocycles. The molecule has 38 heavy (non-hydrogen) atoms. The average molecular weight is 505 g/mol. The quantitative estimate of drug-likeness (QED) is 0.233. The molecule has 1 atom stereocenters. The lowest BCUT2D eigenvalue weighted by molar-refractivity contribution is -0.137. The molecule has 3 aromatic carbocycles. The van der Waals surface area contributed by atoms with Gasteiger partial charge in [-0.05, 0) is 30.2 Å². The van der Waals surface area contributed by atoms with E-state index in [-0.39, 0.29) is 12.3 Å². The number of fused-ring (bicyclic) bond motifs is 1. The van der Waals surface area contributed by atoms with Crippen LogP contribution in [0.2, 0.25) is 0 Å². The SMILES string of the molecule is Cc1ccc(C(CC(=O)O)NC(=O)c2ccn3c(NCc4ccccc4)c(-c4ccccc4)nc3c2)cc1. The number of carbonyl (C=O) groups is 2. The van der Waals surface area contributed by atoms with Crippen molar-refractivity contribution >= 4 is 23.3 Å². The second kappa shape index (κ2) is 11.0. The molecule has 2 heterocycles. The van der Waals surface area contributed by atoms with Crippen molar-refractivity contribution in [1.82, 2.24) is 14.7 Å². The molecule has 0 aliphatic rings. The molecule has 3 N–H and O–H groups in total. The Morgan fingerprint density at radius 1 is 0.921 bits per heavy atom. The molecule has 0 aliphatic carbocycles. The van der Waals surface area contributed by atoms with Crippen molar-refractivity contribution in [2.24, 2.45) is 0 Å². The van der Waals surface area contributed by atoms with E-state index in [9.17, 15) is 14.7 Å². The summed E-state index contributed by atoms with van der Waals surface area (Å²) in [5.41, 5.74) is 5.69. The molecule has 5 rings (SSSR count). The Morgan fingerprint density at radius 3 is 2.29 bits per heavy atom. The van der Waals surface area contributed by atoms with Gasteiger partial charge in [-0.15, -0.1) is 0 Å². The number of aromatic nitrogens is 2. The molecule has 190 valence electrons. The molecule has 0 fully saturated rings. The van der Waals surface area contributed by atoms with Crippen molar-refractivity contribution < 1.29 is 14.7 Å². The van der Waals surface area contributed by atoms with Gasteiger partial charge in [-0.3, -0.25) is 14.0 Å². The van der Waals surface area contributed by atoms with Gasteiger partial charge in [0, 0.05) is 23.9 Å². The smallest absolute Gasteiger partial charge is 0.305 e. The fraction of sp³-hybridized carbons (Fsp3) is 0.129. The molecular weight excluding hydrogens is 476 g/mol. The number of carboxylic acid groups (broad SMARTS) is 1. The number of nitrogens with one attached hydrogen (secondary N) is 2. The normalized spacial score (nSPS) is 11.7. The zero-order valence-electron chi connectivity index (χ0n) is 21.0. The van der Waals surface area contributed by atoms with Gasteiger partial charge in [-0.1, -0.05) is 90.5 Å². The number of anilines is 1. The molecule has 0 bridgehead atoms. The minimum absolute atomic E-state index is 0.216. The van der Waals surface area contributed by atoms with Crippen molar-refractivity contribution in [3.63, 3.8) is 0 Å². The fourth-order valence-corrected chi connectivity index (χ4v) is 4.40. The van der Waals surface area contributed by atoms with Gasteiger partial charge in [0.2, 0.25) is 0 Å². The first-order valence-corrected chi connectivity index (χ1v) is 12.4. The van der Waals surface area contributed by atoms with Crippen LogP contribution in [-0.4, -0.2) is 26.4 Å². The summed E-state index contributed by atoms with van der Waals surface area (Å²) in [4.78, 5) is 29.6. The van der Waals surface area contributed by atoms with Gasteiger partial charge in [0.25, 0.3) is 5.91 Å². The summed E-state index contributed by atoms with van der Waals surface area (Å²) in [5.74, 6) is -0.519. The lowest BCUT2D eigenvalue weighted by Gasteiger charge is -2.18. The Balaban J connectivity index is 1.46. The first-order valence-electron chi connectivity index (χ1n) is 12.4. The van der Waals surface area contributed by atoms with Crippen LogP contribution in [0.3, 0.4) is 0 Å². The van der Waals surface area contributed by atoms with E-state index >= 15 is 0 Å².